The monoisotopic (exact) mass is 312 g/mol. The number of aromatic nitrogens is 3. The molecule has 2 rings (SSSR count). The minimum absolute atomic E-state index is 0.0332. The van der Waals surface area contributed by atoms with E-state index in [2.05, 4.69) is 10.2 Å². The molecule has 7 heteroatoms. The normalized spacial score (nSPS) is 12.9. The van der Waals surface area contributed by atoms with Crippen molar-refractivity contribution in [1.82, 2.24) is 14.8 Å². The number of halogens is 1. The zero-order valence-corrected chi connectivity index (χ0v) is 13.1. The molecule has 0 spiro atoms. The quantitative estimate of drug-likeness (QED) is 0.910. The molecule has 0 radical (unpaired) electrons. The first-order chi connectivity index (χ1) is 9.40. The lowest BCUT2D eigenvalue weighted by Gasteiger charge is -2.11. The summed E-state index contributed by atoms with van der Waals surface area (Å²) >= 11 is 7.62. The highest BCUT2D eigenvalue weighted by atomic mass is 35.5. The summed E-state index contributed by atoms with van der Waals surface area (Å²) in [5, 5.41) is 7.70. The van der Waals surface area contributed by atoms with Crippen LogP contribution in [0.25, 0.3) is 0 Å². The smallest absolute Gasteiger partial charge is 0.324 e. The number of H-pyrrole nitrogens is 1. The summed E-state index contributed by atoms with van der Waals surface area (Å²) in [6.07, 6.45) is 0. The highest BCUT2D eigenvalue weighted by molar-refractivity contribution is 7.99. The minimum Gasteiger partial charge on any atom is -0.324 e. The largest absolute Gasteiger partial charge is 0.344 e. The molecular weight excluding hydrogens is 296 g/mol. The lowest BCUT2D eigenvalue weighted by Crippen LogP contribution is -2.19. The molecule has 1 atom stereocenters. The van der Waals surface area contributed by atoms with Crippen LogP contribution in [0.1, 0.15) is 38.4 Å². The number of nitrogens with one attached hydrogen (secondary N) is 1. The van der Waals surface area contributed by atoms with Gasteiger partial charge in [0.2, 0.25) is 0 Å². The third-order valence-corrected chi connectivity index (χ3v) is 4.34. The van der Waals surface area contributed by atoms with Gasteiger partial charge in [0.25, 0.3) is 0 Å². The van der Waals surface area contributed by atoms with E-state index in [4.69, 9.17) is 17.3 Å². The predicted molar refractivity (Wildman–Crippen MR) is 81.4 cm³/mol. The van der Waals surface area contributed by atoms with E-state index in [1.165, 1.54) is 11.8 Å². The van der Waals surface area contributed by atoms with Crippen LogP contribution in [0.15, 0.2) is 33.0 Å². The Hall–Kier alpha value is -1.24. The Labute approximate surface area is 126 Å². The van der Waals surface area contributed by atoms with E-state index in [-0.39, 0.29) is 17.8 Å². The number of aromatic amines is 1. The van der Waals surface area contributed by atoms with Gasteiger partial charge in [0.15, 0.2) is 5.16 Å². The van der Waals surface area contributed by atoms with E-state index in [9.17, 15) is 4.79 Å². The molecule has 1 aromatic heterocycles. The summed E-state index contributed by atoms with van der Waals surface area (Å²) < 4.78 is 1.60. The van der Waals surface area contributed by atoms with Crippen LogP contribution in [0.5, 0.6) is 0 Å². The van der Waals surface area contributed by atoms with Gasteiger partial charge in [-0.15, -0.1) is 5.10 Å². The number of nitrogens with zero attached hydrogens (tertiary/aromatic N) is 2. The fraction of sp³-hybridized carbons (Fsp3) is 0.385. The van der Waals surface area contributed by atoms with E-state index in [0.717, 1.165) is 10.5 Å². The molecule has 1 heterocycles. The van der Waals surface area contributed by atoms with Crippen molar-refractivity contribution in [3.8, 4) is 0 Å². The highest BCUT2D eigenvalue weighted by Gasteiger charge is 2.14. The van der Waals surface area contributed by atoms with E-state index in [0.29, 0.717) is 10.2 Å². The van der Waals surface area contributed by atoms with Gasteiger partial charge in [-0.1, -0.05) is 17.7 Å². The van der Waals surface area contributed by atoms with Crippen LogP contribution in [-0.4, -0.2) is 14.8 Å². The molecule has 108 valence electrons. The molecule has 0 amide bonds. The molecule has 1 aromatic carbocycles. The fourth-order valence-corrected chi connectivity index (χ4v) is 3.08. The van der Waals surface area contributed by atoms with Crippen LogP contribution in [0.4, 0.5) is 0 Å². The lowest BCUT2D eigenvalue weighted by molar-refractivity contribution is 0.534. The van der Waals surface area contributed by atoms with Crippen LogP contribution < -0.4 is 11.4 Å². The fourth-order valence-electron chi connectivity index (χ4n) is 1.80. The van der Waals surface area contributed by atoms with Gasteiger partial charge in [0.05, 0.1) is 5.02 Å². The Morgan fingerprint density at radius 1 is 1.40 bits per heavy atom. The third-order valence-electron chi connectivity index (χ3n) is 2.87. The standard InChI is InChI=1S/C13H17ClN4OS/c1-7(2)18-12(19)16-17-13(18)20-11-5-4-9(8(3)15)6-10(11)14/h4-8H,15H2,1-3H3,(H,16,19)/t8-/m0/s1. The average Bonchev–Trinajstić information content (AvgIpc) is 2.72. The molecule has 0 saturated carbocycles. The molecule has 0 aliphatic rings. The first kappa shape index (κ1) is 15.2. The van der Waals surface area contributed by atoms with Gasteiger partial charge >= 0.3 is 5.69 Å². The predicted octanol–water partition coefficient (Wildman–Crippen LogP) is 2.98. The van der Waals surface area contributed by atoms with Gasteiger partial charge in [-0.2, -0.15) is 0 Å². The molecule has 0 aliphatic carbocycles. The van der Waals surface area contributed by atoms with Gasteiger partial charge in [0, 0.05) is 17.0 Å². The zero-order chi connectivity index (χ0) is 14.9. The molecule has 3 N–H and O–H groups in total. The number of benzene rings is 1. The minimum atomic E-state index is -0.217. The summed E-state index contributed by atoms with van der Waals surface area (Å²) in [7, 11) is 0. The van der Waals surface area contributed by atoms with Gasteiger partial charge in [-0.3, -0.25) is 4.57 Å². The van der Waals surface area contributed by atoms with Gasteiger partial charge < -0.3 is 5.73 Å². The number of rotatable bonds is 4. The SMILES string of the molecule is CC(C)n1c(Sc2ccc([C@H](C)N)cc2Cl)n[nH]c1=O. The van der Waals surface area contributed by atoms with Gasteiger partial charge in [0.1, 0.15) is 0 Å². The number of hydrogen-bond acceptors (Lipinski definition) is 4. The van der Waals surface area contributed by atoms with Crippen molar-refractivity contribution >= 4 is 23.4 Å². The topological polar surface area (TPSA) is 76.7 Å². The second kappa shape index (κ2) is 6.03. The maximum Gasteiger partial charge on any atom is 0.344 e. The molecule has 20 heavy (non-hydrogen) atoms. The number of hydrogen-bond donors (Lipinski definition) is 2. The molecule has 2 aromatic rings. The molecule has 0 bridgehead atoms. The third kappa shape index (κ3) is 3.08. The Morgan fingerprint density at radius 2 is 2.10 bits per heavy atom. The van der Waals surface area contributed by atoms with E-state index < -0.39 is 0 Å². The Morgan fingerprint density at radius 3 is 2.65 bits per heavy atom. The van der Waals surface area contributed by atoms with Crippen molar-refractivity contribution in [3.05, 3.63) is 39.3 Å². The van der Waals surface area contributed by atoms with Crippen LogP contribution >= 0.6 is 23.4 Å². The second-order valence-electron chi connectivity index (χ2n) is 4.86. The van der Waals surface area contributed by atoms with Crippen LogP contribution in [0, 0.1) is 0 Å². The van der Waals surface area contributed by atoms with Gasteiger partial charge in [-0.05, 0) is 50.2 Å². The molecule has 0 saturated heterocycles. The van der Waals surface area contributed by atoms with Crippen LogP contribution in [0.3, 0.4) is 0 Å². The first-order valence-electron chi connectivity index (χ1n) is 6.30. The summed E-state index contributed by atoms with van der Waals surface area (Å²) in [6, 6.07) is 5.65. The second-order valence-corrected chi connectivity index (χ2v) is 6.27. The first-order valence-corrected chi connectivity index (χ1v) is 7.49. The summed E-state index contributed by atoms with van der Waals surface area (Å²) in [6.45, 7) is 5.77. The van der Waals surface area contributed by atoms with Crippen molar-refractivity contribution < 1.29 is 0 Å². The van der Waals surface area contributed by atoms with Crippen molar-refractivity contribution in [2.75, 3.05) is 0 Å². The van der Waals surface area contributed by atoms with Crippen molar-refractivity contribution in [2.45, 2.75) is 42.9 Å². The van der Waals surface area contributed by atoms with Crippen molar-refractivity contribution in [1.29, 1.82) is 0 Å². The van der Waals surface area contributed by atoms with Gasteiger partial charge in [-0.25, -0.2) is 9.89 Å². The Bertz CT molecular complexity index is 663. The summed E-state index contributed by atoms with van der Waals surface area (Å²) in [5.41, 5.74) is 6.58. The molecule has 5 nitrogen and oxygen atoms in total. The Kier molecular flexibility index (Phi) is 4.57. The number of nitrogens with two attached hydrogens (primary N) is 1. The maximum atomic E-state index is 11.7. The molecular formula is C13H17ClN4OS. The van der Waals surface area contributed by atoms with Crippen LogP contribution in [-0.2, 0) is 0 Å². The van der Waals surface area contributed by atoms with E-state index >= 15 is 0 Å². The van der Waals surface area contributed by atoms with E-state index in [1.807, 2.05) is 39.0 Å². The molecule has 0 unspecified atom stereocenters. The summed E-state index contributed by atoms with van der Waals surface area (Å²) in [4.78, 5) is 12.5. The Balaban J connectivity index is 2.34. The van der Waals surface area contributed by atoms with Crippen molar-refractivity contribution in [2.24, 2.45) is 5.73 Å². The molecule has 0 aliphatic heterocycles. The lowest BCUT2D eigenvalue weighted by atomic mass is 10.1. The maximum absolute atomic E-state index is 11.7. The van der Waals surface area contributed by atoms with Crippen LogP contribution in [0.2, 0.25) is 5.02 Å². The summed E-state index contributed by atoms with van der Waals surface area (Å²) in [5.74, 6) is 0. The highest BCUT2D eigenvalue weighted by Crippen LogP contribution is 2.33. The molecule has 0 fully saturated rings. The average molecular weight is 313 g/mol. The van der Waals surface area contributed by atoms with E-state index in [1.54, 1.807) is 4.57 Å². The van der Waals surface area contributed by atoms with Crippen molar-refractivity contribution in [3.63, 3.8) is 0 Å². The zero-order valence-electron chi connectivity index (χ0n) is 11.6.